The van der Waals surface area contributed by atoms with Crippen molar-refractivity contribution < 1.29 is 29.8 Å². The average molecular weight is 284 g/mol. The lowest BCUT2D eigenvalue weighted by Crippen LogP contribution is -2.25. The van der Waals surface area contributed by atoms with Gasteiger partial charge in [-0.15, -0.1) is 0 Å². The Morgan fingerprint density at radius 2 is 2.05 bits per heavy atom. The van der Waals surface area contributed by atoms with Gasteiger partial charge in [-0.25, -0.2) is 0 Å². The number of rotatable bonds is 6. The molecule has 0 bridgehead atoms. The number of nitrogens with two attached hydrogens (primary N) is 1. The van der Waals surface area contributed by atoms with Gasteiger partial charge in [0.1, 0.15) is 6.10 Å². The monoisotopic (exact) mass is 284 g/mol. The zero-order valence-corrected chi connectivity index (χ0v) is 10.1. The van der Waals surface area contributed by atoms with Crippen molar-refractivity contribution in [3.63, 3.8) is 0 Å². The molecule has 0 aliphatic carbocycles. The molecule has 0 saturated heterocycles. The van der Waals surface area contributed by atoms with Crippen molar-refractivity contribution in [3.8, 4) is 5.75 Å². The summed E-state index contributed by atoms with van der Waals surface area (Å²) in [6, 6.07) is 1.78. The third kappa shape index (κ3) is 3.28. The third-order valence-corrected chi connectivity index (χ3v) is 2.58. The van der Waals surface area contributed by atoms with Gasteiger partial charge in [0.05, 0.1) is 23.0 Å². The number of aliphatic hydroxyl groups excluding tert-OH is 2. The number of primary amides is 1. The first-order valence-corrected chi connectivity index (χ1v) is 5.38. The third-order valence-electron chi connectivity index (χ3n) is 2.58. The molecule has 0 aliphatic rings. The second kappa shape index (κ2) is 6.08. The maximum Gasteiger partial charge on any atom is 0.311 e. The van der Waals surface area contributed by atoms with Crippen molar-refractivity contribution in [1.29, 1.82) is 0 Å². The van der Waals surface area contributed by atoms with Gasteiger partial charge in [-0.3, -0.25) is 19.7 Å². The minimum atomic E-state index is -1.67. The van der Waals surface area contributed by atoms with Crippen LogP contribution in [0.25, 0.3) is 0 Å². The molecule has 108 valence electrons. The Morgan fingerprint density at radius 1 is 1.45 bits per heavy atom. The second-order valence-corrected chi connectivity index (χ2v) is 4.04. The van der Waals surface area contributed by atoms with Gasteiger partial charge in [-0.2, -0.15) is 0 Å². The normalized spacial score (nSPS) is 13.5. The molecule has 1 aromatic carbocycles. The number of nitrogens with zero attached hydrogens (tertiary/aromatic N) is 1. The molecule has 2 unspecified atom stereocenters. The summed E-state index contributed by atoms with van der Waals surface area (Å²) in [5, 5.41) is 39.5. The summed E-state index contributed by atoms with van der Waals surface area (Å²) in [5.74, 6) is -1.72. The van der Waals surface area contributed by atoms with E-state index in [1.165, 1.54) is 0 Å². The first kappa shape index (κ1) is 15.5. The Labute approximate surface area is 112 Å². The van der Waals surface area contributed by atoms with Crippen molar-refractivity contribution in [1.82, 2.24) is 0 Å². The smallest absolute Gasteiger partial charge is 0.311 e. The molecule has 0 heterocycles. The van der Waals surface area contributed by atoms with E-state index in [0.717, 1.165) is 12.1 Å². The van der Waals surface area contributed by atoms with E-state index in [1.807, 2.05) is 0 Å². The molecule has 0 fully saturated rings. The molecule has 5 N–H and O–H groups in total. The Hall–Kier alpha value is -2.52. The summed E-state index contributed by atoms with van der Waals surface area (Å²) in [4.78, 5) is 31.1. The highest BCUT2D eigenvalue weighted by atomic mass is 16.6. The highest BCUT2D eigenvalue weighted by molar-refractivity contribution is 5.82. The minimum Gasteiger partial charge on any atom is -0.502 e. The number of aliphatic hydroxyl groups is 2. The van der Waals surface area contributed by atoms with Gasteiger partial charge < -0.3 is 21.1 Å². The first-order chi connectivity index (χ1) is 9.27. The van der Waals surface area contributed by atoms with Crippen LogP contribution in [-0.4, -0.2) is 38.5 Å². The molecule has 0 radical (unpaired) electrons. The maximum absolute atomic E-state index is 10.7. The van der Waals surface area contributed by atoms with Gasteiger partial charge in [0.15, 0.2) is 6.29 Å². The van der Waals surface area contributed by atoms with Gasteiger partial charge in [-0.1, -0.05) is 0 Å². The largest absolute Gasteiger partial charge is 0.502 e. The fourth-order valence-electron chi connectivity index (χ4n) is 1.60. The number of aldehydes is 1. The van der Waals surface area contributed by atoms with Crippen molar-refractivity contribution in [2.45, 2.75) is 18.6 Å². The van der Waals surface area contributed by atoms with E-state index < -0.39 is 46.5 Å². The number of amides is 1. The molecule has 0 aromatic heterocycles. The molecular formula is C11H12N2O7. The number of aromatic hydroxyl groups is 1. The van der Waals surface area contributed by atoms with Crippen LogP contribution in [-0.2, 0) is 4.79 Å². The number of hydrogen-bond donors (Lipinski definition) is 4. The van der Waals surface area contributed by atoms with Crippen molar-refractivity contribution in [2.24, 2.45) is 5.73 Å². The van der Waals surface area contributed by atoms with E-state index in [2.05, 4.69) is 0 Å². The molecule has 1 rings (SSSR count). The SMILES string of the molecule is NC(=O)CC(O)C(O)c1cc(C=O)c(O)c([N+](=O)[O-])c1. The topological polar surface area (TPSA) is 164 Å². The van der Waals surface area contributed by atoms with Crippen molar-refractivity contribution >= 4 is 17.9 Å². The van der Waals surface area contributed by atoms with Gasteiger partial charge in [0, 0.05) is 6.07 Å². The molecule has 20 heavy (non-hydrogen) atoms. The van der Waals surface area contributed by atoms with Crippen LogP contribution in [0.1, 0.15) is 28.4 Å². The van der Waals surface area contributed by atoms with Crippen LogP contribution in [0, 0.1) is 10.1 Å². The molecule has 0 saturated carbocycles. The van der Waals surface area contributed by atoms with Crippen LogP contribution >= 0.6 is 0 Å². The average Bonchev–Trinajstić information content (AvgIpc) is 2.36. The standard InChI is InChI=1S/C11H12N2O7/c12-9(16)3-8(15)11(18)5-1-6(4-14)10(17)7(2-5)13(19)20/h1-2,4,8,11,15,17-18H,3H2,(H2,12,16). The van der Waals surface area contributed by atoms with Gasteiger partial charge in [0.25, 0.3) is 0 Å². The number of hydrogen-bond acceptors (Lipinski definition) is 7. The number of benzene rings is 1. The van der Waals surface area contributed by atoms with Crippen LogP contribution in [0.3, 0.4) is 0 Å². The first-order valence-electron chi connectivity index (χ1n) is 5.38. The molecule has 9 heteroatoms. The van der Waals surface area contributed by atoms with Crippen LogP contribution in [0.15, 0.2) is 12.1 Å². The summed E-state index contributed by atoms with van der Waals surface area (Å²) in [6.45, 7) is 0. The van der Waals surface area contributed by atoms with Crippen LogP contribution in [0.4, 0.5) is 5.69 Å². The molecule has 1 amide bonds. The van der Waals surface area contributed by atoms with E-state index in [1.54, 1.807) is 0 Å². The molecular weight excluding hydrogens is 272 g/mol. The van der Waals surface area contributed by atoms with Gasteiger partial charge >= 0.3 is 5.69 Å². The number of nitro benzene ring substituents is 1. The Kier molecular flexibility index (Phi) is 4.73. The number of phenols is 1. The van der Waals surface area contributed by atoms with Crippen molar-refractivity contribution in [3.05, 3.63) is 33.4 Å². The predicted octanol–water partition coefficient (Wildman–Crippen LogP) is -0.617. The highest BCUT2D eigenvalue weighted by Crippen LogP contribution is 2.33. The quantitative estimate of drug-likeness (QED) is 0.307. The number of carbonyl (C=O) groups excluding carboxylic acids is 2. The Bertz CT molecular complexity index is 558. The number of phenolic OH excluding ortho intramolecular Hbond substituents is 1. The highest BCUT2D eigenvalue weighted by Gasteiger charge is 2.26. The summed E-state index contributed by atoms with van der Waals surface area (Å²) in [6.07, 6.45) is -3.65. The molecule has 9 nitrogen and oxygen atoms in total. The molecule has 2 atom stereocenters. The van der Waals surface area contributed by atoms with E-state index in [4.69, 9.17) is 5.73 Å². The van der Waals surface area contributed by atoms with Gasteiger partial charge in [0.2, 0.25) is 11.7 Å². The van der Waals surface area contributed by atoms with Crippen molar-refractivity contribution in [2.75, 3.05) is 0 Å². The molecule has 1 aromatic rings. The van der Waals surface area contributed by atoms with E-state index in [9.17, 15) is 35.0 Å². The zero-order valence-electron chi connectivity index (χ0n) is 10.1. The lowest BCUT2D eigenvalue weighted by molar-refractivity contribution is -0.386. The second-order valence-electron chi connectivity index (χ2n) is 4.04. The van der Waals surface area contributed by atoms with Crippen LogP contribution in [0.2, 0.25) is 0 Å². The lowest BCUT2D eigenvalue weighted by atomic mass is 9.99. The number of carbonyl (C=O) groups is 2. The summed E-state index contributed by atoms with van der Waals surface area (Å²) < 4.78 is 0. The summed E-state index contributed by atoms with van der Waals surface area (Å²) in [5.41, 5.74) is 3.45. The van der Waals surface area contributed by atoms with E-state index in [0.29, 0.717) is 0 Å². The van der Waals surface area contributed by atoms with Crippen LogP contribution < -0.4 is 5.73 Å². The summed E-state index contributed by atoms with van der Waals surface area (Å²) in [7, 11) is 0. The Balaban J connectivity index is 3.24. The fraction of sp³-hybridized carbons (Fsp3) is 0.273. The molecule has 0 spiro atoms. The fourth-order valence-corrected chi connectivity index (χ4v) is 1.60. The minimum absolute atomic E-state index is 0.166. The maximum atomic E-state index is 10.7. The van der Waals surface area contributed by atoms with Crippen LogP contribution in [0.5, 0.6) is 5.75 Å². The van der Waals surface area contributed by atoms with E-state index in [-0.39, 0.29) is 11.8 Å². The van der Waals surface area contributed by atoms with E-state index >= 15 is 0 Å². The summed E-state index contributed by atoms with van der Waals surface area (Å²) >= 11 is 0. The molecule has 0 aliphatic heterocycles. The number of nitro groups is 1. The van der Waals surface area contributed by atoms with Gasteiger partial charge in [-0.05, 0) is 11.6 Å². The predicted molar refractivity (Wildman–Crippen MR) is 64.9 cm³/mol. The Morgan fingerprint density at radius 3 is 2.50 bits per heavy atom. The zero-order chi connectivity index (χ0) is 15.4. The lowest BCUT2D eigenvalue weighted by Gasteiger charge is -2.17.